The Balaban J connectivity index is 3.18. The smallest absolute Gasteiger partial charge is 0.337 e. The van der Waals surface area contributed by atoms with Gasteiger partial charge in [-0.25, -0.2) is 9.20 Å². The van der Waals surface area contributed by atoms with E-state index < -0.39 is 16.8 Å². The summed E-state index contributed by atoms with van der Waals surface area (Å²) in [5.74, 6) is 0.0972. The predicted octanol–water partition coefficient (Wildman–Crippen LogP) is -1.74. The predicted molar refractivity (Wildman–Crippen MR) is 49.3 cm³/mol. The van der Waals surface area contributed by atoms with Crippen LogP contribution in [0.15, 0.2) is 26.5 Å². The van der Waals surface area contributed by atoms with Crippen LogP contribution in [-0.2, 0) is 0 Å². The largest absolute Gasteiger partial charge is 0.385 e. The lowest BCUT2D eigenvalue weighted by Gasteiger charge is -1.99. The van der Waals surface area contributed by atoms with E-state index in [4.69, 9.17) is 5.73 Å². The highest BCUT2D eigenvalue weighted by Crippen LogP contribution is 1.92. The van der Waals surface area contributed by atoms with Crippen molar-refractivity contribution in [3.05, 3.63) is 43.3 Å². The van der Waals surface area contributed by atoms with Crippen LogP contribution in [0.1, 0.15) is 0 Å². The molecule has 0 spiro atoms. The second-order valence-corrected chi connectivity index (χ2v) is 2.72. The number of aromatic amines is 2. The number of nitrogens with zero attached hydrogens (tertiary/aromatic N) is 1. The standard InChI is InChI=1S/C7H6N4O3/c8-3-1-6(13)11-4(9-3)2-5(12)10-7(11)14/h1-2,9H,8H2,(H,10,12,14). The van der Waals surface area contributed by atoms with Crippen LogP contribution in [0.25, 0.3) is 5.65 Å². The molecule has 4 N–H and O–H groups in total. The molecule has 0 saturated carbocycles. The Morgan fingerprint density at radius 3 is 2.57 bits per heavy atom. The van der Waals surface area contributed by atoms with Crippen LogP contribution in [0.4, 0.5) is 5.82 Å². The zero-order chi connectivity index (χ0) is 10.3. The number of hydrogen-bond donors (Lipinski definition) is 3. The highest BCUT2D eigenvalue weighted by atomic mass is 16.2. The molecule has 2 rings (SSSR count). The molecule has 0 aliphatic rings. The molecule has 7 heteroatoms. The van der Waals surface area contributed by atoms with Gasteiger partial charge in [-0.2, -0.15) is 0 Å². The van der Waals surface area contributed by atoms with E-state index in [1.54, 1.807) is 0 Å². The third kappa shape index (κ3) is 1.11. The second-order valence-electron chi connectivity index (χ2n) is 2.72. The van der Waals surface area contributed by atoms with E-state index >= 15 is 0 Å². The lowest BCUT2D eigenvalue weighted by Crippen LogP contribution is -2.33. The van der Waals surface area contributed by atoms with Crippen molar-refractivity contribution in [2.24, 2.45) is 0 Å². The fraction of sp³-hybridized carbons (Fsp3) is 0. The Kier molecular flexibility index (Phi) is 1.53. The van der Waals surface area contributed by atoms with Crippen LogP contribution in [-0.4, -0.2) is 14.4 Å². The molecule has 14 heavy (non-hydrogen) atoms. The molecule has 0 aromatic carbocycles. The van der Waals surface area contributed by atoms with Crippen molar-refractivity contribution in [3.63, 3.8) is 0 Å². The summed E-state index contributed by atoms with van der Waals surface area (Å²) in [6.45, 7) is 0. The van der Waals surface area contributed by atoms with Gasteiger partial charge in [0, 0.05) is 12.1 Å². The molecule has 72 valence electrons. The summed E-state index contributed by atoms with van der Waals surface area (Å²) in [4.78, 5) is 37.8. The van der Waals surface area contributed by atoms with Crippen LogP contribution in [0.3, 0.4) is 0 Å². The number of anilines is 1. The summed E-state index contributed by atoms with van der Waals surface area (Å²) in [6.07, 6.45) is 0. The summed E-state index contributed by atoms with van der Waals surface area (Å²) in [7, 11) is 0. The van der Waals surface area contributed by atoms with E-state index in [-0.39, 0.29) is 11.5 Å². The van der Waals surface area contributed by atoms with Gasteiger partial charge in [-0.05, 0) is 0 Å². The maximum Gasteiger partial charge on any atom is 0.337 e. The normalized spacial score (nSPS) is 10.6. The fourth-order valence-corrected chi connectivity index (χ4v) is 1.19. The first-order valence-electron chi connectivity index (χ1n) is 3.73. The topological polar surface area (TPSA) is 113 Å². The average Bonchev–Trinajstić information content (AvgIpc) is 1.99. The lowest BCUT2D eigenvalue weighted by molar-refractivity contribution is 0.917. The van der Waals surface area contributed by atoms with Gasteiger partial charge in [0.1, 0.15) is 11.5 Å². The van der Waals surface area contributed by atoms with Crippen molar-refractivity contribution >= 4 is 11.5 Å². The summed E-state index contributed by atoms with van der Waals surface area (Å²) in [6, 6.07) is 2.14. The van der Waals surface area contributed by atoms with Gasteiger partial charge in [-0.3, -0.25) is 14.6 Å². The third-order valence-electron chi connectivity index (χ3n) is 1.71. The maximum absolute atomic E-state index is 11.3. The molecule has 2 aromatic rings. The molecule has 0 saturated heterocycles. The monoisotopic (exact) mass is 194 g/mol. The van der Waals surface area contributed by atoms with Crippen molar-refractivity contribution in [2.45, 2.75) is 0 Å². The Hall–Kier alpha value is -2.31. The molecule has 0 radical (unpaired) electrons. The lowest BCUT2D eigenvalue weighted by atomic mass is 10.5. The van der Waals surface area contributed by atoms with Gasteiger partial charge in [-0.15, -0.1) is 0 Å². The molecule has 0 atom stereocenters. The Bertz CT molecular complexity index is 663. The van der Waals surface area contributed by atoms with Gasteiger partial charge in [0.2, 0.25) is 0 Å². The van der Waals surface area contributed by atoms with E-state index in [2.05, 4.69) is 4.98 Å². The van der Waals surface area contributed by atoms with Crippen LogP contribution in [0, 0.1) is 0 Å². The number of H-pyrrole nitrogens is 2. The molecule has 0 aliphatic carbocycles. The zero-order valence-corrected chi connectivity index (χ0v) is 6.90. The maximum atomic E-state index is 11.3. The zero-order valence-electron chi connectivity index (χ0n) is 6.90. The van der Waals surface area contributed by atoms with E-state index in [1.807, 2.05) is 4.98 Å². The molecule has 2 aromatic heterocycles. The number of nitrogens with one attached hydrogen (secondary N) is 2. The van der Waals surface area contributed by atoms with E-state index in [9.17, 15) is 14.4 Å². The SMILES string of the molecule is Nc1cc(=O)n2c(=O)[nH]c(=O)cc2[nH]1. The van der Waals surface area contributed by atoms with Gasteiger partial charge < -0.3 is 10.7 Å². The highest BCUT2D eigenvalue weighted by Gasteiger charge is 2.02. The Morgan fingerprint density at radius 2 is 1.86 bits per heavy atom. The molecule has 0 fully saturated rings. The molecular weight excluding hydrogens is 188 g/mol. The molecule has 0 bridgehead atoms. The van der Waals surface area contributed by atoms with Crippen molar-refractivity contribution in [1.82, 2.24) is 14.4 Å². The minimum Gasteiger partial charge on any atom is -0.385 e. The summed E-state index contributed by atoms with van der Waals surface area (Å²) in [5.41, 5.74) is 3.46. The minimum absolute atomic E-state index is 0.0729. The van der Waals surface area contributed by atoms with Gasteiger partial charge in [-0.1, -0.05) is 0 Å². The van der Waals surface area contributed by atoms with Crippen molar-refractivity contribution in [2.75, 3.05) is 5.73 Å². The van der Waals surface area contributed by atoms with Crippen molar-refractivity contribution in [3.8, 4) is 0 Å². The highest BCUT2D eigenvalue weighted by molar-refractivity contribution is 5.42. The van der Waals surface area contributed by atoms with E-state index in [1.165, 1.54) is 0 Å². The van der Waals surface area contributed by atoms with Gasteiger partial charge >= 0.3 is 5.69 Å². The average molecular weight is 194 g/mol. The van der Waals surface area contributed by atoms with Crippen LogP contribution in [0.5, 0.6) is 0 Å². The van der Waals surface area contributed by atoms with Crippen LogP contribution < -0.4 is 22.5 Å². The number of fused-ring (bicyclic) bond motifs is 1. The van der Waals surface area contributed by atoms with Gasteiger partial charge in [0.25, 0.3) is 11.1 Å². The summed E-state index contributed by atoms with van der Waals surface area (Å²) < 4.78 is 0.789. The third-order valence-corrected chi connectivity index (χ3v) is 1.71. The van der Waals surface area contributed by atoms with Crippen molar-refractivity contribution < 1.29 is 0 Å². The Morgan fingerprint density at radius 1 is 1.14 bits per heavy atom. The van der Waals surface area contributed by atoms with Gasteiger partial charge in [0.05, 0.1) is 0 Å². The second kappa shape index (κ2) is 2.59. The number of hydrogen-bond acceptors (Lipinski definition) is 4. The molecule has 2 heterocycles. The van der Waals surface area contributed by atoms with E-state index in [0.717, 1.165) is 16.5 Å². The molecule has 0 unspecified atom stereocenters. The van der Waals surface area contributed by atoms with Gasteiger partial charge in [0.15, 0.2) is 0 Å². The molecule has 0 aliphatic heterocycles. The number of aromatic nitrogens is 3. The number of rotatable bonds is 0. The molecule has 7 nitrogen and oxygen atoms in total. The first-order valence-corrected chi connectivity index (χ1v) is 3.73. The number of nitrogen functional groups attached to an aromatic ring is 1. The first-order chi connectivity index (χ1) is 6.58. The van der Waals surface area contributed by atoms with Crippen LogP contribution in [0.2, 0.25) is 0 Å². The van der Waals surface area contributed by atoms with Crippen LogP contribution >= 0.6 is 0 Å². The van der Waals surface area contributed by atoms with Crippen molar-refractivity contribution in [1.29, 1.82) is 0 Å². The molecule has 0 amide bonds. The summed E-state index contributed by atoms with van der Waals surface area (Å²) >= 11 is 0. The molecular formula is C7H6N4O3. The Labute approximate surface area is 75.8 Å². The van der Waals surface area contributed by atoms with E-state index in [0.29, 0.717) is 0 Å². The summed E-state index contributed by atoms with van der Waals surface area (Å²) in [5, 5.41) is 0. The number of nitrogens with two attached hydrogens (primary N) is 1. The first kappa shape index (κ1) is 8.30. The minimum atomic E-state index is -0.784. The quantitative estimate of drug-likeness (QED) is 0.461. The fourth-order valence-electron chi connectivity index (χ4n) is 1.19.